The number of likely N-dealkylation sites (tertiary alicyclic amines) is 1. The maximum absolute atomic E-state index is 13.4. The van der Waals surface area contributed by atoms with Crippen LogP contribution in [-0.4, -0.2) is 96.7 Å². The molecule has 2 N–H and O–H groups in total. The van der Waals surface area contributed by atoms with Crippen molar-refractivity contribution in [2.45, 2.75) is 64.1 Å². The van der Waals surface area contributed by atoms with E-state index >= 15 is 0 Å². The third-order valence-electron chi connectivity index (χ3n) is 9.90. The second kappa shape index (κ2) is 16.6. The standard InChI is InChI=1S/C37H47N7O3.ClH/c1-27(46-25-29-12-7-4-8-13-29)34(39)37(45)44-20-18-43(19-21-44)35-31-15-17-42(23-28-10-5-3-6-11-28)24-33(31)32(22-38)36(40-35)47-26-30-14-9-16-41(30)2;/h3-8,10-13,27,30,34H,9,14-21,23-26,39H2,1-2H3;1H/t27?,30-,34?;/m0./s1. The molecule has 2 unspecified atom stereocenters. The lowest BCUT2D eigenvalue weighted by Crippen LogP contribution is -2.56. The fourth-order valence-electron chi connectivity index (χ4n) is 6.92. The van der Waals surface area contributed by atoms with Crippen molar-refractivity contribution in [1.29, 1.82) is 5.26 Å². The zero-order valence-corrected chi connectivity index (χ0v) is 28.9. The fourth-order valence-corrected chi connectivity index (χ4v) is 6.92. The third kappa shape index (κ3) is 8.28. The Hall–Kier alpha value is -3.72. The number of likely N-dealkylation sites (N-methyl/N-ethyl adjacent to an activating group) is 1. The Morgan fingerprint density at radius 2 is 1.69 bits per heavy atom. The van der Waals surface area contributed by atoms with Gasteiger partial charge in [0.2, 0.25) is 11.8 Å². The SMILES string of the molecule is CC(OCc1ccccc1)C(N)C(=O)N1CCN(c2nc(OC[C@@H]3CCCN3C)c(C#N)c3c2CCN(Cc2ccccc2)C3)CC1.Cl. The van der Waals surface area contributed by atoms with Gasteiger partial charge in [0, 0.05) is 57.4 Å². The predicted molar refractivity (Wildman–Crippen MR) is 189 cm³/mol. The molecule has 3 aromatic rings. The molecule has 11 heteroatoms. The number of hydrogen-bond acceptors (Lipinski definition) is 9. The summed E-state index contributed by atoms with van der Waals surface area (Å²) in [5.74, 6) is 1.21. The van der Waals surface area contributed by atoms with Gasteiger partial charge in [0.1, 0.15) is 30.1 Å². The van der Waals surface area contributed by atoms with Gasteiger partial charge in [0.15, 0.2) is 0 Å². The normalized spacial score (nSPS) is 19.6. The molecule has 3 atom stereocenters. The summed E-state index contributed by atoms with van der Waals surface area (Å²) >= 11 is 0. The number of nitrogens with zero attached hydrogens (tertiary/aromatic N) is 6. The second-order valence-electron chi connectivity index (χ2n) is 13.1. The number of halogens is 1. The van der Waals surface area contributed by atoms with Crippen LogP contribution in [0.25, 0.3) is 0 Å². The van der Waals surface area contributed by atoms with E-state index in [-0.39, 0.29) is 18.3 Å². The summed E-state index contributed by atoms with van der Waals surface area (Å²) in [7, 11) is 2.13. The van der Waals surface area contributed by atoms with Gasteiger partial charge in [0.25, 0.3) is 0 Å². The molecule has 0 aliphatic carbocycles. The highest BCUT2D eigenvalue weighted by Gasteiger charge is 2.33. The number of benzene rings is 2. The van der Waals surface area contributed by atoms with Crippen molar-refractivity contribution < 1.29 is 14.3 Å². The van der Waals surface area contributed by atoms with E-state index in [4.69, 9.17) is 20.2 Å². The highest BCUT2D eigenvalue weighted by Crippen LogP contribution is 2.36. The third-order valence-corrected chi connectivity index (χ3v) is 9.90. The number of nitriles is 1. The number of pyridine rings is 1. The van der Waals surface area contributed by atoms with Gasteiger partial charge in [-0.25, -0.2) is 0 Å². The number of ether oxygens (including phenoxy) is 2. The predicted octanol–water partition coefficient (Wildman–Crippen LogP) is 3.99. The first-order valence-electron chi connectivity index (χ1n) is 16.9. The second-order valence-corrected chi connectivity index (χ2v) is 13.1. The molecule has 4 heterocycles. The molecule has 3 aliphatic heterocycles. The molecule has 48 heavy (non-hydrogen) atoms. The van der Waals surface area contributed by atoms with Crippen LogP contribution in [0.2, 0.25) is 0 Å². The number of amides is 1. The van der Waals surface area contributed by atoms with Crippen molar-refractivity contribution in [3.05, 3.63) is 88.5 Å². The van der Waals surface area contributed by atoms with Gasteiger partial charge in [-0.3, -0.25) is 9.69 Å². The van der Waals surface area contributed by atoms with Crippen LogP contribution in [0, 0.1) is 11.3 Å². The van der Waals surface area contributed by atoms with Gasteiger partial charge in [-0.1, -0.05) is 60.7 Å². The maximum Gasteiger partial charge on any atom is 0.242 e. The Bertz CT molecular complexity index is 1550. The Balaban J connectivity index is 0.00000451. The first kappa shape index (κ1) is 35.6. The van der Waals surface area contributed by atoms with E-state index in [1.165, 1.54) is 5.56 Å². The molecular weight excluding hydrogens is 626 g/mol. The molecule has 2 fully saturated rings. The van der Waals surface area contributed by atoms with Gasteiger partial charge >= 0.3 is 0 Å². The van der Waals surface area contributed by atoms with Crippen molar-refractivity contribution in [1.82, 2.24) is 19.7 Å². The quantitative estimate of drug-likeness (QED) is 0.323. The zero-order valence-electron chi connectivity index (χ0n) is 28.1. The van der Waals surface area contributed by atoms with E-state index in [9.17, 15) is 10.1 Å². The minimum absolute atomic E-state index is 0. The number of anilines is 1. The number of carbonyl (C=O) groups excluding carboxylic acids is 1. The fraction of sp³-hybridized carbons (Fsp3) is 0.486. The van der Waals surface area contributed by atoms with Gasteiger partial charge in [0.05, 0.1) is 12.7 Å². The van der Waals surface area contributed by atoms with E-state index in [1.807, 2.05) is 48.2 Å². The van der Waals surface area contributed by atoms with Crippen LogP contribution in [0.15, 0.2) is 60.7 Å². The van der Waals surface area contributed by atoms with E-state index in [2.05, 4.69) is 52.1 Å². The Kier molecular flexibility index (Phi) is 12.3. The molecule has 3 aliphatic rings. The molecule has 0 saturated carbocycles. The van der Waals surface area contributed by atoms with Gasteiger partial charge in [-0.05, 0) is 56.5 Å². The minimum atomic E-state index is -0.740. The summed E-state index contributed by atoms with van der Waals surface area (Å²) in [6.07, 6.45) is 2.61. The van der Waals surface area contributed by atoms with Crippen LogP contribution in [-0.2, 0) is 35.6 Å². The van der Waals surface area contributed by atoms with E-state index in [0.29, 0.717) is 63.4 Å². The highest BCUT2D eigenvalue weighted by molar-refractivity contribution is 5.85. The Morgan fingerprint density at radius 3 is 2.33 bits per heavy atom. The Labute approximate surface area is 290 Å². The molecule has 6 rings (SSSR count). The van der Waals surface area contributed by atoms with Crippen LogP contribution in [0.5, 0.6) is 5.88 Å². The minimum Gasteiger partial charge on any atom is -0.475 e. The number of piperazine rings is 1. The molecule has 256 valence electrons. The molecular formula is C37H48ClN7O3. The van der Waals surface area contributed by atoms with Gasteiger partial charge in [-0.15, -0.1) is 12.4 Å². The molecule has 0 spiro atoms. The lowest BCUT2D eigenvalue weighted by Gasteiger charge is -2.39. The van der Waals surface area contributed by atoms with Crippen molar-refractivity contribution in [2.24, 2.45) is 5.73 Å². The number of hydrogen-bond donors (Lipinski definition) is 1. The average Bonchev–Trinajstić information content (AvgIpc) is 3.53. The van der Waals surface area contributed by atoms with Crippen molar-refractivity contribution in [2.75, 3.05) is 57.8 Å². The van der Waals surface area contributed by atoms with E-state index < -0.39 is 12.1 Å². The number of fused-ring (bicyclic) bond motifs is 1. The first-order chi connectivity index (χ1) is 22.9. The first-order valence-corrected chi connectivity index (χ1v) is 16.9. The zero-order chi connectivity index (χ0) is 32.8. The summed E-state index contributed by atoms with van der Waals surface area (Å²) < 4.78 is 12.4. The number of carbonyl (C=O) groups is 1. The summed E-state index contributed by atoms with van der Waals surface area (Å²) in [6.45, 7) is 8.53. The summed E-state index contributed by atoms with van der Waals surface area (Å²) in [4.78, 5) is 27.3. The maximum atomic E-state index is 13.4. The van der Waals surface area contributed by atoms with Crippen LogP contribution in [0.3, 0.4) is 0 Å². The molecule has 10 nitrogen and oxygen atoms in total. The molecule has 1 aromatic heterocycles. The van der Waals surface area contributed by atoms with Crippen molar-refractivity contribution in [3.63, 3.8) is 0 Å². The number of rotatable bonds is 11. The lowest BCUT2D eigenvalue weighted by atomic mass is 9.95. The molecule has 1 amide bonds. The van der Waals surface area contributed by atoms with Crippen LogP contribution >= 0.6 is 12.4 Å². The molecule has 2 saturated heterocycles. The average molecular weight is 674 g/mol. The topological polar surface area (TPSA) is 111 Å². The van der Waals surface area contributed by atoms with Gasteiger partial charge in [-0.2, -0.15) is 10.2 Å². The van der Waals surface area contributed by atoms with E-state index in [0.717, 1.165) is 61.4 Å². The lowest BCUT2D eigenvalue weighted by molar-refractivity contribution is -0.136. The van der Waals surface area contributed by atoms with Crippen molar-refractivity contribution >= 4 is 24.1 Å². The Morgan fingerprint density at radius 1 is 1.00 bits per heavy atom. The van der Waals surface area contributed by atoms with Crippen LogP contribution in [0.4, 0.5) is 5.82 Å². The van der Waals surface area contributed by atoms with E-state index in [1.54, 1.807) is 0 Å². The monoisotopic (exact) mass is 673 g/mol. The summed E-state index contributed by atoms with van der Waals surface area (Å²) in [5, 5.41) is 10.4. The van der Waals surface area contributed by atoms with Crippen molar-refractivity contribution in [3.8, 4) is 11.9 Å². The number of nitrogens with two attached hydrogens (primary N) is 1. The van der Waals surface area contributed by atoms with Gasteiger partial charge < -0.3 is 29.9 Å². The summed E-state index contributed by atoms with van der Waals surface area (Å²) in [6, 6.07) is 22.4. The van der Waals surface area contributed by atoms with Crippen LogP contribution < -0.4 is 15.4 Å². The van der Waals surface area contributed by atoms with Crippen LogP contribution in [0.1, 0.15) is 47.6 Å². The molecule has 0 radical (unpaired) electrons. The molecule has 2 aromatic carbocycles. The highest BCUT2D eigenvalue weighted by atomic mass is 35.5. The largest absolute Gasteiger partial charge is 0.475 e. The number of aromatic nitrogens is 1. The molecule has 0 bridgehead atoms. The smallest absolute Gasteiger partial charge is 0.242 e. The summed E-state index contributed by atoms with van der Waals surface area (Å²) in [5.41, 5.74) is 11.4.